The Balaban J connectivity index is 2.45. The van der Waals surface area contributed by atoms with Crippen LogP contribution in [0, 0.1) is 0 Å². The topological polar surface area (TPSA) is 95.7 Å². The second kappa shape index (κ2) is 16.1. The first-order chi connectivity index (χ1) is 14.5. The van der Waals surface area contributed by atoms with Crippen molar-refractivity contribution < 1.29 is 14.4 Å². The number of nitrogens with one attached hydrogen (secondary N) is 1. The Labute approximate surface area is 183 Å². The largest absolute Gasteiger partial charge is 0.352 e. The van der Waals surface area contributed by atoms with Crippen molar-refractivity contribution in [3.05, 3.63) is 0 Å². The lowest BCUT2D eigenvalue weighted by Gasteiger charge is -2.24. The molecule has 1 atom stereocenters. The van der Waals surface area contributed by atoms with Gasteiger partial charge in [-0.15, -0.1) is 0 Å². The van der Waals surface area contributed by atoms with E-state index in [9.17, 15) is 14.4 Å². The number of urea groups is 1. The molecule has 7 nitrogen and oxygen atoms in total. The van der Waals surface area contributed by atoms with E-state index in [0.717, 1.165) is 44.9 Å². The molecule has 1 fully saturated rings. The number of rotatable bonds is 18. The first-order valence-corrected chi connectivity index (χ1v) is 12.1. The zero-order valence-electron chi connectivity index (χ0n) is 19.3. The fourth-order valence-corrected chi connectivity index (χ4v) is 3.83. The van der Waals surface area contributed by atoms with Crippen LogP contribution < -0.4 is 11.1 Å². The van der Waals surface area contributed by atoms with E-state index in [4.69, 9.17) is 5.73 Å². The minimum absolute atomic E-state index is 0.0436. The number of nitrogens with zero attached hydrogens (tertiary/aromatic N) is 2. The lowest BCUT2D eigenvalue weighted by atomic mass is 10.1. The van der Waals surface area contributed by atoms with Crippen molar-refractivity contribution in [1.82, 2.24) is 15.1 Å². The van der Waals surface area contributed by atoms with Crippen LogP contribution in [0.4, 0.5) is 4.79 Å². The monoisotopic (exact) mass is 424 g/mol. The molecule has 0 bridgehead atoms. The highest BCUT2D eigenvalue weighted by Crippen LogP contribution is 2.14. The van der Waals surface area contributed by atoms with Crippen LogP contribution in [0.1, 0.15) is 97.3 Å². The first kappa shape index (κ1) is 26.4. The molecule has 1 unspecified atom stereocenters. The van der Waals surface area contributed by atoms with Crippen LogP contribution in [-0.2, 0) is 9.59 Å². The van der Waals surface area contributed by atoms with Crippen LogP contribution in [-0.4, -0.2) is 59.9 Å². The van der Waals surface area contributed by atoms with E-state index in [0.29, 0.717) is 26.1 Å². The first-order valence-electron chi connectivity index (χ1n) is 12.1. The number of carbonyl (C=O) groups is 3. The van der Waals surface area contributed by atoms with Crippen molar-refractivity contribution in [2.45, 2.75) is 103 Å². The zero-order valence-corrected chi connectivity index (χ0v) is 19.3. The number of hydrogen-bond acceptors (Lipinski definition) is 4. The van der Waals surface area contributed by atoms with Crippen LogP contribution in [0.5, 0.6) is 0 Å². The van der Waals surface area contributed by atoms with E-state index in [1.54, 1.807) is 4.90 Å². The molecule has 1 aliphatic heterocycles. The Kier molecular flexibility index (Phi) is 14.2. The van der Waals surface area contributed by atoms with Crippen molar-refractivity contribution >= 4 is 17.8 Å². The molecule has 0 saturated carbocycles. The summed E-state index contributed by atoms with van der Waals surface area (Å²) in [6, 6.07) is -0.352. The van der Waals surface area contributed by atoms with E-state index >= 15 is 0 Å². The minimum Gasteiger partial charge on any atom is -0.352 e. The maximum absolute atomic E-state index is 12.6. The highest BCUT2D eigenvalue weighted by Gasteiger charge is 2.36. The molecular weight excluding hydrogens is 380 g/mol. The molecule has 1 saturated heterocycles. The van der Waals surface area contributed by atoms with Crippen molar-refractivity contribution in [1.29, 1.82) is 0 Å². The number of hydrogen-bond donors (Lipinski definition) is 2. The predicted molar refractivity (Wildman–Crippen MR) is 121 cm³/mol. The van der Waals surface area contributed by atoms with Gasteiger partial charge in [-0.3, -0.25) is 14.5 Å². The van der Waals surface area contributed by atoms with Gasteiger partial charge in [-0.2, -0.15) is 0 Å². The third-order valence-electron chi connectivity index (χ3n) is 5.68. The quantitative estimate of drug-likeness (QED) is 0.258. The second-order valence-corrected chi connectivity index (χ2v) is 8.48. The molecule has 0 aliphatic carbocycles. The Morgan fingerprint density at radius 3 is 2.30 bits per heavy atom. The van der Waals surface area contributed by atoms with Crippen LogP contribution in [0.2, 0.25) is 0 Å². The molecule has 1 heterocycles. The molecule has 0 aromatic heterocycles. The van der Waals surface area contributed by atoms with Crippen molar-refractivity contribution in [2.24, 2.45) is 5.73 Å². The van der Waals surface area contributed by atoms with E-state index < -0.39 is 0 Å². The number of imide groups is 1. The van der Waals surface area contributed by atoms with Crippen molar-refractivity contribution in [2.75, 3.05) is 26.2 Å². The summed E-state index contributed by atoms with van der Waals surface area (Å²) in [5.74, 6) is -0.0920. The van der Waals surface area contributed by atoms with Crippen molar-refractivity contribution in [3.63, 3.8) is 0 Å². The van der Waals surface area contributed by atoms with Gasteiger partial charge < -0.3 is 16.0 Å². The van der Waals surface area contributed by atoms with Gasteiger partial charge >= 0.3 is 6.03 Å². The van der Waals surface area contributed by atoms with Crippen LogP contribution in [0.15, 0.2) is 0 Å². The maximum atomic E-state index is 12.6. The van der Waals surface area contributed by atoms with E-state index in [1.807, 2.05) is 6.92 Å². The summed E-state index contributed by atoms with van der Waals surface area (Å²) < 4.78 is 0. The van der Waals surface area contributed by atoms with E-state index in [-0.39, 0.29) is 30.4 Å². The SMILES string of the molecule is CCCCCCCCCC(=O)NC(CCCCN)CN1CC(=O)N(CCCC)C1=O. The summed E-state index contributed by atoms with van der Waals surface area (Å²) in [6.07, 6.45) is 13.1. The molecule has 4 amide bonds. The average Bonchev–Trinajstić information content (AvgIpc) is 2.98. The van der Waals surface area contributed by atoms with Crippen LogP contribution in [0.3, 0.4) is 0 Å². The third-order valence-corrected chi connectivity index (χ3v) is 5.68. The highest BCUT2D eigenvalue weighted by atomic mass is 16.2. The zero-order chi connectivity index (χ0) is 22.2. The third kappa shape index (κ3) is 10.4. The lowest BCUT2D eigenvalue weighted by Crippen LogP contribution is -2.45. The Hall–Kier alpha value is -1.63. The molecule has 0 spiro atoms. The molecule has 3 N–H and O–H groups in total. The molecule has 1 aliphatic rings. The Morgan fingerprint density at radius 2 is 1.63 bits per heavy atom. The van der Waals surface area contributed by atoms with Gasteiger partial charge in [-0.25, -0.2) is 4.79 Å². The van der Waals surface area contributed by atoms with Gasteiger partial charge in [0.2, 0.25) is 11.8 Å². The summed E-state index contributed by atoms with van der Waals surface area (Å²) in [6.45, 7) is 5.85. The molecular formula is C23H44N4O3. The van der Waals surface area contributed by atoms with Crippen molar-refractivity contribution in [3.8, 4) is 0 Å². The van der Waals surface area contributed by atoms with Gasteiger partial charge in [-0.05, 0) is 32.2 Å². The number of nitrogens with two attached hydrogens (primary N) is 1. The summed E-state index contributed by atoms with van der Waals surface area (Å²) in [5.41, 5.74) is 5.61. The van der Waals surface area contributed by atoms with Gasteiger partial charge in [0.1, 0.15) is 6.54 Å². The summed E-state index contributed by atoms with van der Waals surface area (Å²) in [4.78, 5) is 40.1. The standard InChI is InChI=1S/C23H44N4O3/c1-3-5-7-8-9-10-11-15-21(28)25-20(14-12-13-16-24)18-26-19-22(29)27(23(26)30)17-6-4-2/h20H,3-19,24H2,1-2H3,(H,25,28). The molecule has 0 aromatic carbocycles. The fourth-order valence-electron chi connectivity index (χ4n) is 3.83. The molecule has 30 heavy (non-hydrogen) atoms. The summed E-state index contributed by atoms with van der Waals surface area (Å²) in [5, 5.41) is 3.10. The minimum atomic E-state index is -0.224. The number of carbonyl (C=O) groups excluding carboxylic acids is 3. The second-order valence-electron chi connectivity index (χ2n) is 8.48. The average molecular weight is 425 g/mol. The molecule has 1 rings (SSSR count). The van der Waals surface area contributed by atoms with Gasteiger partial charge in [0.15, 0.2) is 0 Å². The normalized spacial score (nSPS) is 15.2. The smallest absolute Gasteiger partial charge is 0.327 e. The van der Waals surface area contributed by atoms with Gasteiger partial charge in [0.05, 0.1) is 0 Å². The lowest BCUT2D eigenvalue weighted by molar-refractivity contribution is -0.125. The number of amides is 4. The van der Waals surface area contributed by atoms with E-state index in [2.05, 4.69) is 12.2 Å². The summed E-state index contributed by atoms with van der Waals surface area (Å²) >= 11 is 0. The van der Waals surface area contributed by atoms with Gasteiger partial charge in [-0.1, -0.05) is 65.2 Å². The van der Waals surface area contributed by atoms with E-state index in [1.165, 1.54) is 37.0 Å². The predicted octanol–water partition coefficient (Wildman–Crippen LogP) is 3.81. The van der Waals surface area contributed by atoms with Gasteiger partial charge in [0, 0.05) is 25.6 Å². The number of unbranched alkanes of at least 4 members (excludes halogenated alkanes) is 8. The summed E-state index contributed by atoms with van der Waals surface area (Å²) in [7, 11) is 0. The Bertz CT molecular complexity index is 513. The molecule has 174 valence electrons. The molecule has 0 aromatic rings. The maximum Gasteiger partial charge on any atom is 0.327 e. The van der Waals surface area contributed by atoms with Crippen LogP contribution >= 0.6 is 0 Å². The van der Waals surface area contributed by atoms with Gasteiger partial charge in [0.25, 0.3) is 0 Å². The van der Waals surface area contributed by atoms with Crippen LogP contribution in [0.25, 0.3) is 0 Å². The molecule has 7 heteroatoms. The molecule has 0 radical (unpaired) electrons. The fraction of sp³-hybridized carbons (Fsp3) is 0.870. The highest BCUT2D eigenvalue weighted by molar-refractivity contribution is 6.02. The Morgan fingerprint density at radius 1 is 0.967 bits per heavy atom.